The highest BCUT2D eigenvalue weighted by Crippen LogP contribution is 2.32. The number of carbonyl (C=O) groups excluding carboxylic acids is 2. The van der Waals surface area contributed by atoms with Gasteiger partial charge in [-0.15, -0.1) is 0 Å². The van der Waals surface area contributed by atoms with Crippen LogP contribution in [0.3, 0.4) is 0 Å². The van der Waals surface area contributed by atoms with Crippen LogP contribution in [0.2, 0.25) is 5.02 Å². The lowest BCUT2D eigenvalue weighted by Gasteiger charge is -2.33. The summed E-state index contributed by atoms with van der Waals surface area (Å²) >= 11 is 6.10. The van der Waals surface area contributed by atoms with E-state index >= 15 is 0 Å². The zero-order chi connectivity index (χ0) is 31.0. The number of halogens is 1. The topological polar surface area (TPSA) is 105 Å². The Morgan fingerprint density at radius 3 is 2.10 bits per heavy atom. The lowest BCUT2D eigenvalue weighted by atomic mass is 10.1. The van der Waals surface area contributed by atoms with Crippen molar-refractivity contribution in [2.75, 3.05) is 25.1 Å². The quantitative estimate of drug-likeness (QED) is 0.284. The van der Waals surface area contributed by atoms with Crippen LogP contribution in [0.5, 0.6) is 11.5 Å². The van der Waals surface area contributed by atoms with E-state index in [0.717, 1.165) is 15.4 Å². The van der Waals surface area contributed by atoms with Crippen LogP contribution in [0.25, 0.3) is 0 Å². The van der Waals surface area contributed by atoms with Gasteiger partial charge in [-0.25, -0.2) is 8.42 Å². The van der Waals surface area contributed by atoms with Gasteiger partial charge in [0, 0.05) is 23.7 Å². The second kappa shape index (κ2) is 14.4. The number of ether oxygens (including phenoxy) is 2. The number of nitrogens with one attached hydrogen (secondary N) is 1. The van der Waals surface area contributed by atoms with Crippen molar-refractivity contribution >= 4 is 39.1 Å². The van der Waals surface area contributed by atoms with Crippen molar-refractivity contribution in [3.63, 3.8) is 0 Å². The summed E-state index contributed by atoms with van der Waals surface area (Å²) in [5.74, 6) is -0.274. The summed E-state index contributed by atoms with van der Waals surface area (Å²) in [6, 6.07) is 17.0. The van der Waals surface area contributed by atoms with Crippen molar-refractivity contribution in [2.45, 2.75) is 57.6 Å². The van der Waals surface area contributed by atoms with E-state index < -0.39 is 28.5 Å². The predicted molar refractivity (Wildman–Crippen MR) is 165 cm³/mol. The third-order valence-corrected chi connectivity index (χ3v) is 8.65. The van der Waals surface area contributed by atoms with Crippen LogP contribution >= 0.6 is 11.6 Å². The minimum Gasteiger partial charge on any atom is -0.493 e. The Labute approximate surface area is 253 Å². The van der Waals surface area contributed by atoms with Gasteiger partial charge in [0.25, 0.3) is 10.0 Å². The van der Waals surface area contributed by atoms with E-state index in [1.165, 1.54) is 49.5 Å². The summed E-state index contributed by atoms with van der Waals surface area (Å²) in [4.78, 5) is 28.7. The summed E-state index contributed by atoms with van der Waals surface area (Å²) in [6.07, 6.45) is 0.333. The SMILES string of the molecule is CC[C@@H](C(=O)NC(C)C)N(Cc1ccc(C)cc1)C(=O)CN(c1ccc(Cl)cc1)S(=O)(=O)c1ccc(OC)c(OC)c1. The smallest absolute Gasteiger partial charge is 0.264 e. The van der Waals surface area contributed by atoms with Crippen molar-refractivity contribution in [3.05, 3.63) is 82.9 Å². The monoisotopic (exact) mass is 615 g/mol. The Hall–Kier alpha value is -3.76. The molecule has 0 aliphatic carbocycles. The fourth-order valence-corrected chi connectivity index (χ4v) is 5.99. The molecule has 2 amide bonds. The summed E-state index contributed by atoms with van der Waals surface area (Å²) in [7, 11) is -1.44. The van der Waals surface area contributed by atoms with Gasteiger partial charge in [-0.1, -0.05) is 48.4 Å². The first kappa shape index (κ1) is 32.8. The van der Waals surface area contributed by atoms with E-state index in [4.69, 9.17) is 21.1 Å². The highest BCUT2D eigenvalue weighted by atomic mass is 35.5. The van der Waals surface area contributed by atoms with Crippen LogP contribution in [-0.2, 0) is 26.2 Å². The third kappa shape index (κ3) is 7.95. The first-order valence-corrected chi connectivity index (χ1v) is 15.4. The highest BCUT2D eigenvalue weighted by Gasteiger charge is 2.34. The number of anilines is 1. The molecule has 9 nitrogen and oxygen atoms in total. The molecule has 3 rings (SSSR count). The van der Waals surface area contributed by atoms with Gasteiger partial charge < -0.3 is 19.7 Å². The molecule has 42 heavy (non-hydrogen) atoms. The lowest BCUT2D eigenvalue weighted by molar-refractivity contribution is -0.140. The minimum absolute atomic E-state index is 0.0995. The Bertz CT molecular complexity index is 1480. The number of hydrogen-bond donors (Lipinski definition) is 1. The van der Waals surface area contributed by atoms with E-state index in [0.29, 0.717) is 17.2 Å². The van der Waals surface area contributed by atoms with E-state index in [1.54, 1.807) is 12.1 Å². The van der Waals surface area contributed by atoms with Crippen LogP contribution < -0.4 is 19.1 Å². The molecular formula is C31H38ClN3O6S. The Morgan fingerprint density at radius 1 is 0.929 bits per heavy atom. The van der Waals surface area contributed by atoms with Crippen LogP contribution in [0, 0.1) is 6.92 Å². The fraction of sp³-hybridized carbons (Fsp3) is 0.355. The molecule has 1 N–H and O–H groups in total. The molecule has 1 atom stereocenters. The van der Waals surface area contributed by atoms with Gasteiger partial charge in [0.1, 0.15) is 12.6 Å². The Kier molecular flexibility index (Phi) is 11.2. The molecule has 3 aromatic carbocycles. The van der Waals surface area contributed by atoms with Gasteiger partial charge in [0.2, 0.25) is 11.8 Å². The second-order valence-electron chi connectivity index (χ2n) is 10.1. The number of sulfonamides is 1. The number of methoxy groups -OCH3 is 2. The van der Waals surface area contributed by atoms with Crippen LogP contribution in [0.1, 0.15) is 38.3 Å². The van der Waals surface area contributed by atoms with Crippen molar-refractivity contribution in [1.82, 2.24) is 10.2 Å². The standard InChI is InChI=1S/C31H38ClN3O6S/c1-7-27(31(37)33-21(2)3)34(19-23-10-8-22(4)9-11-23)30(36)20-35(25-14-12-24(32)13-15-25)42(38,39)26-16-17-28(40-5)29(18-26)41-6/h8-18,21,27H,7,19-20H2,1-6H3,(H,33,37)/t27-/m0/s1. The van der Waals surface area contributed by atoms with E-state index in [1.807, 2.05) is 52.0 Å². The molecule has 11 heteroatoms. The normalized spacial score (nSPS) is 12.0. The van der Waals surface area contributed by atoms with E-state index in [-0.39, 0.29) is 34.8 Å². The zero-order valence-corrected chi connectivity index (χ0v) is 26.3. The molecule has 0 saturated carbocycles. The molecular weight excluding hydrogens is 578 g/mol. The molecule has 0 aliphatic rings. The largest absolute Gasteiger partial charge is 0.493 e. The molecule has 0 heterocycles. The second-order valence-corrected chi connectivity index (χ2v) is 12.4. The number of rotatable bonds is 13. The number of amides is 2. The third-order valence-electron chi connectivity index (χ3n) is 6.63. The average molecular weight is 616 g/mol. The maximum Gasteiger partial charge on any atom is 0.264 e. The molecule has 0 aliphatic heterocycles. The molecule has 0 fully saturated rings. The summed E-state index contributed by atoms with van der Waals surface area (Å²) < 4.78 is 39.8. The molecule has 0 spiro atoms. The average Bonchev–Trinajstić information content (AvgIpc) is 2.96. The van der Waals surface area contributed by atoms with Gasteiger partial charge in [-0.3, -0.25) is 13.9 Å². The Balaban J connectivity index is 2.09. The zero-order valence-electron chi connectivity index (χ0n) is 24.8. The number of nitrogens with zero attached hydrogens (tertiary/aromatic N) is 2. The summed E-state index contributed by atoms with van der Waals surface area (Å²) in [6.45, 7) is 7.02. The number of hydrogen-bond acceptors (Lipinski definition) is 6. The molecule has 0 saturated heterocycles. The number of carbonyl (C=O) groups is 2. The lowest BCUT2D eigenvalue weighted by Crippen LogP contribution is -2.53. The summed E-state index contributed by atoms with van der Waals surface area (Å²) in [5, 5.41) is 3.30. The molecule has 0 unspecified atom stereocenters. The van der Waals surface area contributed by atoms with E-state index in [2.05, 4.69) is 5.32 Å². The highest BCUT2D eigenvalue weighted by molar-refractivity contribution is 7.92. The summed E-state index contributed by atoms with van der Waals surface area (Å²) in [5.41, 5.74) is 2.10. The molecule has 0 bridgehead atoms. The first-order valence-electron chi connectivity index (χ1n) is 13.6. The van der Waals surface area contributed by atoms with Crippen LogP contribution in [0.4, 0.5) is 5.69 Å². The van der Waals surface area contributed by atoms with Crippen LogP contribution in [0.15, 0.2) is 71.6 Å². The Morgan fingerprint density at radius 2 is 1.55 bits per heavy atom. The van der Waals surface area contributed by atoms with Crippen molar-refractivity contribution in [3.8, 4) is 11.5 Å². The predicted octanol–water partition coefficient (Wildman–Crippen LogP) is 5.19. The fourth-order valence-electron chi connectivity index (χ4n) is 4.43. The molecule has 0 radical (unpaired) electrons. The maximum absolute atomic E-state index is 14.1. The number of benzene rings is 3. The van der Waals surface area contributed by atoms with Crippen molar-refractivity contribution in [1.29, 1.82) is 0 Å². The maximum atomic E-state index is 14.1. The molecule has 0 aromatic heterocycles. The van der Waals surface area contributed by atoms with Gasteiger partial charge in [0.15, 0.2) is 11.5 Å². The van der Waals surface area contributed by atoms with Gasteiger partial charge >= 0.3 is 0 Å². The number of aryl methyl sites for hydroxylation is 1. The van der Waals surface area contributed by atoms with Gasteiger partial charge in [-0.2, -0.15) is 0 Å². The molecule has 226 valence electrons. The van der Waals surface area contributed by atoms with Crippen LogP contribution in [-0.4, -0.2) is 58.0 Å². The van der Waals surface area contributed by atoms with E-state index in [9.17, 15) is 18.0 Å². The first-order chi connectivity index (χ1) is 19.9. The van der Waals surface area contributed by atoms with Gasteiger partial charge in [-0.05, 0) is 69.2 Å². The molecule has 3 aromatic rings. The van der Waals surface area contributed by atoms with Crippen molar-refractivity contribution in [2.24, 2.45) is 0 Å². The van der Waals surface area contributed by atoms with Crippen molar-refractivity contribution < 1.29 is 27.5 Å². The van der Waals surface area contributed by atoms with Gasteiger partial charge in [0.05, 0.1) is 24.8 Å². The minimum atomic E-state index is -4.30.